The molecule has 0 aromatic carbocycles. The number of rotatable bonds is 5. The van der Waals surface area contributed by atoms with Gasteiger partial charge in [0.1, 0.15) is 5.82 Å². The molecule has 0 unspecified atom stereocenters. The van der Waals surface area contributed by atoms with Crippen LogP contribution >= 0.6 is 0 Å². The Labute approximate surface area is 134 Å². The molecule has 1 amide bonds. The third kappa shape index (κ3) is 2.84. The molecular formula is C16H20N6O. The largest absolute Gasteiger partial charge is 0.366 e. The molecule has 7 nitrogen and oxygen atoms in total. The van der Waals surface area contributed by atoms with Crippen molar-refractivity contribution in [2.45, 2.75) is 37.8 Å². The molecule has 2 N–H and O–H groups in total. The highest BCUT2D eigenvalue weighted by atomic mass is 16.1. The van der Waals surface area contributed by atoms with Gasteiger partial charge in [-0.3, -0.25) is 14.4 Å². The maximum Gasteiger partial charge on any atom is 0.251 e. The number of hydrogen-bond acceptors (Lipinski definition) is 5. The van der Waals surface area contributed by atoms with E-state index in [1.165, 1.54) is 25.5 Å². The smallest absolute Gasteiger partial charge is 0.251 e. The van der Waals surface area contributed by atoms with Gasteiger partial charge in [-0.2, -0.15) is 5.10 Å². The molecule has 1 saturated carbocycles. The van der Waals surface area contributed by atoms with Gasteiger partial charge in [0.05, 0.1) is 17.8 Å². The Morgan fingerprint density at radius 3 is 2.52 bits per heavy atom. The van der Waals surface area contributed by atoms with Crippen molar-refractivity contribution in [1.82, 2.24) is 24.6 Å². The van der Waals surface area contributed by atoms with E-state index in [4.69, 9.17) is 5.73 Å². The van der Waals surface area contributed by atoms with Crippen LogP contribution in [0.5, 0.6) is 0 Å². The summed E-state index contributed by atoms with van der Waals surface area (Å²) in [6.07, 6.45) is 10.9. The molecule has 4 rings (SSSR count). The quantitative estimate of drug-likeness (QED) is 0.893. The molecule has 0 bridgehead atoms. The van der Waals surface area contributed by atoms with Gasteiger partial charge >= 0.3 is 0 Å². The second-order valence-electron chi connectivity index (χ2n) is 6.50. The number of hydrogen-bond donors (Lipinski definition) is 1. The molecule has 1 saturated heterocycles. The van der Waals surface area contributed by atoms with E-state index in [0.29, 0.717) is 17.5 Å². The lowest BCUT2D eigenvalue weighted by Gasteiger charge is -2.39. The molecular weight excluding hydrogens is 292 g/mol. The van der Waals surface area contributed by atoms with Crippen LogP contribution in [-0.4, -0.2) is 43.6 Å². The first-order valence-electron chi connectivity index (χ1n) is 8.06. The topological polar surface area (TPSA) is 89.9 Å². The highest BCUT2D eigenvalue weighted by Crippen LogP contribution is 2.34. The molecule has 2 fully saturated rings. The van der Waals surface area contributed by atoms with E-state index in [0.717, 1.165) is 31.0 Å². The lowest BCUT2D eigenvalue weighted by atomic mass is 9.85. The summed E-state index contributed by atoms with van der Waals surface area (Å²) in [6, 6.07) is 0.304. The molecule has 2 aromatic rings. The highest BCUT2D eigenvalue weighted by Gasteiger charge is 2.29. The Hall–Kier alpha value is -2.28. The molecule has 7 heteroatoms. The van der Waals surface area contributed by atoms with Crippen molar-refractivity contribution in [3.8, 4) is 0 Å². The van der Waals surface area contributed by atoms with Crippen LogP contribution in [0, 0.1) is 0 Å². The fourth-order valence-electron chi connectivity index (χ4n) is 3.09. The van der Waals surface area contributed by atoms with Crippen molar-refractivity contribution in [3.63, 3.8) is 0 Å². The molecule has 1 aliphatic heterocycles. The molecule has 2 aromatic heterocycles. The predicted molar refractivity (Wildman–Crippen MR) is 83.7 cm³/mol. The van der Waals surface area contributed by atoms with Crippen LogP contribution in [0.1, 0.15) is 53.0 Å². The average molecular weight is 312 g/mol. The first-order chi connectivity index (χ1) is 11.2. The van der Waals surface area contributed by atoms with E-state index in [-0.39, 0.29) is 0 Å². The number of carbonyl (C=O) groups is 1. The number of carbonyl (C=O) groups excluding carboxylic acids is 1. The van der Waals surface area contributed by atoms with Crippen LogP contribution < -0.4 is 5.73 Å². The van der Waals surface area contributed by atoms with E-state index in [2.05, 4.69) is 20.0 Å². The normalized spacial score (nSPS) is 19.3. The van der Waals surface area contributed by atoms with Gasteiger partial charge in [-0.15, -0.1) is 0 Å². The Balaban J connectivity index is 1.30. The van der Waals surface area contributed by atoms with Crippen LogP contribution in [0.4, 0.5) is 0 Å². The van der Waals surface area contributed by atoms with E-state index < -0.39 is 5.91 Å². The molecule has 2 aliphatic rings. The summed E-state index contributed by atoms with van der Waals surface area (Å²) in [5.41, 5.74) is 6.85. The van der Waals surface area contributed by atoms with E-state index >= 15 is 0 Å². The summed E-state index contributed by atoms with van der Waals surface area (Å²) in [6.45, 7) is 2.67. The average Bonchev–Trinajstić information content (AvgIpc) is 2.91. The zero-order valence-corrected chi connectivity index (χ0v) is 12.9. The number of nitrogens with two attached hydrogens (primary N) is 1. The lowest BCUT2D eigenvalue weighted by Crippen LogP contribution is -2.47. The van der Waals surface area contributed by atoms with Crippen LogP contribution in [0.3, 0.4) is 0 Å². The van der Waals surface area contributed by atoms with Crippen LogP contribution in [0.2, 0.25) is 0 Å². The van der Waals surface area contributed by atoms with Crippen molar-refractivity contribution in [2.24, 2.45) is 5.73 Å². The fourth-order valence-corrected chi connectivity index (χ4v) is 3.09. The third-order valence-electron chi connectivity index (χ3n) is 4.80. The van der Waals surface area contributed by atoms with Gasteiger partial charge in [0.25, 0.3) is 5.91 Å². The Morgan fingerprint density at radius 1 is 1.22 bits per heavy atom. The Morgan fingerprint density at radius 2 is 1.96 bits per heavy atom. The molecule has 23 heavy (non-hydrogen) atoms. The number of primary amides is 1. The standard InChI is InChI=1S/C16H20N6O/c17-15(23)13-6-20-22(8-13)14-9-21(10-14)7-11-4-18-16(19-5-11)12-2-1-3-12/h4-6,8,12,14H,1-3,7,9-10H2,(H2,17,23). The summed E-state index contributed by atoms with van der Waals surface area (Å²) in [4.78, 5) is 22.4. The minimum absolute atomic E-state index is 0.304. The monoisotopic (exact) mass is 312 g/mol. The second kappa shape index (κ2) is 5.73. The van der Waals surface area contributed by atoms with Crippen molar-refractivity contribution in [1.29, 1.82) is 0 Å². The minimum atomic E-state index is -0.434. The highest BCUT2D eigenvalue weighted by molar-refractivity contribution is 5.92. The number of aromatic nitrogens is 4. The molecule has 0 radical (unpaired) electrons. The third-order valence-corrected chi connectivity index (χ3v) is 4.80. The molecule has 120 valence electrons. The first-order valence-corrected chi connectivity index (χ1v) is 8.06. The number of amides is 1. The van der Waals surface area contributed by atoms with Crippen LogP contribution in [-0.2, 0) is 6.54 Å². The van der Waals surface area contributed by atoms with Gasteiger partial charge in [0.2, 0.25) is 0 Å². The number of nitrogens with zero attached hydrogens (tertiary/aromatic N) is 5. The first kappa shape index (κ1) is 14.3. The van der Waals surface area contributed by atoms with Gasteiger partial charge < -0.3 is 5.73 Å². The summed E-state index contributed by atoms with van der Waals surface area (Å²) < 4.78 is 1.83. The van der Waals surface area contributed by atoms with Gasteiger partial charge in [0.15, 0.2) is 0 Å². The second-order valence-corrected chi connectivity index (χ2v) is 6.50. The van der Waals surface area contributed by atoms with Gasteiger partial charge in [-0.1, -0.05) is 6.42 Å². The van der Waals surface area contributed by atoms with Gasteiger partial charge in [-0.05, 0) is 12.8 Å². The van der Waals surface area contributed by atoms with Gasteiger partial charge in [-0.25, -0.2) is 9.97 Å². The zero-order valence-electron chi connectivity index (χ0n) is 12.9. The van der Waals surface area contributed by atoms with E-state index in [1.54, 1.807) is 6.20 Å². The zero-order chi connectivity index (χ0) is 15.8. The molecule has 0 spiro atoms. The lowest BCUT2D eigenvalue weighted by molar-refractivity contribution is 0.0903. The predicted octanol–water partition coefficient (Wildman–Crippen LogP) is 1.10. The Kier molecular flexibility index (Phi) is 3.57. The summed E-state index contributed by atoms with van der Waals surface area (Å²) >= 11 is 0. The SMILES string of the molecule is NC(=O)c1cnn(C2CN(Cc3cnc(C4CCC4)nc3)C2)c1. The number of likely N-dealkylation sites (tertiary alicyclic amines) is 1. The minimum Gasteiger partial charge on any atom is -0.366 e. The van der Waals surface area contributed by atoms with Crippen molar-refractivity contribution in [2.75, 3.05) is 13.1 Å². The van der Waals surface area contributed by atoms with E-state index in [1.807, 2.05) is 17.1 Å². The maximum absolute atomic E-state index is 11.1. The Bertz CT molecular complexity index is 700. The van der Waals surface area contributed by atoms with Gasteiger partial charge in [0, 0.05) is 49.7 Å². The fraction of sp³-hybridized carbons (Fsp3) is 0.500. The summed E-state index contributed by atoms with van der Waals surface area (Å²) in [7, 11) is 0. The molecule has 1 aliphatic carbocycles. The van der Waals surface area contributed by atoms with E-state index in [9.17, 15) is 4.79 Å². The van der Waals surface area contributed by atoms with Crippen molar-refractivity contribution < 1.29 is 4.79 Å². The van der Waals surface area contributed by atoms with Crippen LogP contribution in [0.15, 0.2) is 24.8 Å². The molecule has 3 heterocycles. The van der Waals surface area contributed by atoms with Crippen LogP contribution in [0.25, 0.3) is 0 Å². The summed E-state index contributed by atoms with van der Waals surface area (Å²) in [5.74, 6) is 1.14. The maximum atomic E-state index is 11.1. The summed E-state index contributed by atoms with van der Waals surface area (Å²) in [5, 5.41) is 4.21. The van der Waals surface area contributed by atoms with Crippen molar-refractivity contribution in [3.05, 3.63) is 41.7 Å². The molecule has 0 atom stereocenters. The van der Waals surface area contributed by atoms with Crippen molar-refractivity contribution >= 4 is 5.91 Å².